The molecule has 0 bridgehead atoms. The fourth-order valence-corrected chi connectivity index (χ4v) is 2.99. The van der Waals surface area contributed by atoms with Gasteiger partial charge in [-0.05, 0) is 18.2 Å². The first-order valence-corrected chi connectivity index (χ1v) is 8.47. The predicted molar refractivity (Wildman–Crippen MR) is 57.7 cm³/mol. The van der Waals surface area contributed by atoms with Crippen molar-refractivity contribution >= 4 is 33.1 Å². The third-order valence-corrected chi connectivity index (χ3v) is 4.39. The lowest BCUT2D eigenvalue weighted by molar-refractivity contribution is 0.387. The Morgan fingerprint density at radius 1 is 0.833 bits per heavy atom. The molecule has 4 N–H and O–H groups in total. The van der Waals surface area contributed by atoms with Crippen LogP contribution in [0, 0.1) is 0 Å². The van der Waals surface area contributed by atoms with Crippen LogP contribution >= 0.6 is 7.60 Å². The molecular formula is C6H7O9PS2. The van der Waals surface area contributed by atoms with Crippen LogP contribution in [0.1, 0.15) is 0 Å². The van der Waals surface area contributed by atoms with Crippen molar-refractivity contribution in [3.63, 3.8) is 0 Å². The molecule has 0 fully saturated rings. The third kappa shape index (κ3) is 3.59. The van der Waals surface area contributed by atoms with Gasteiger partial charge in [-0.3, -0.25) is 13.7 Å². The quantitative estimate of drug-likeness (QED) is 0.403. The molecule has 102 valence electrons. The van der Waals surface area contributed by atoms with Gasteiger partial charge in [0.2, 0.25) is 0 Å². The summed E-state index contributed by atoms with van der Waals surface area (Å²) in [5, 5.41) is -0.967. The molecule has 0 aliphatic carbocycles. The van der Waals surface area contributed by atoms with Gasteiger partial charge in [0.1, 0.15) is 0 Å². The van der Waals surface area contributed by atoms with E-state index in [0.29, 0.717) is 18.2 Å². The molecule has 0 aliphatic heterocycles. The third-order valence-electron chi connectivity index (χ3n) is 1.80. The SMILES string of the molecule is O=P(O)(O)c1cc(S(=O)(=O)O)cc(S(=O)(=O)O)c1. The minimum absolute atomic E-state index is 0.365. The average Bonchev–Trinajstić information content (AvgIpc) is 2.13. The zero-order chi connectivity index (χ0) is 14.4. The summed E-state index contributed by atoms with van der Waals surface area (Å²) in [6, 6.07) is 1.18. The number of hydrogen-bond acceptors (Lipinski definition) is 5. The summed E-state index contributed by atoms with van der Waals surface area (Å²) in [7, 11) is -14.7. The molecule has 0 atom stereocenters. The molecule has 9 nitrogen and oxygen atoms in total. The van der Waals surface area contributed by atoms with Crippen molar-refractivity contribution in [1.82, 2.24) is 0 Å². The van der Waals surface area contributed by atoms with Crippen LogP contribution in [-0.4, -0.2) is 35.7 Å². The predicted octanol–water partition coefficient (Wildman–Crippen LogP) is -1.02. The van der Waals surface area contributed by atoms with Crippen molar-refractivity contribution in [1.29, 1.82) is 0 Å². The van der Waals surface area contributed by atoms with Gasteiger partial charge in [-0.25, -0.2) is 0 Å². The van der Waals surface area contributed by atoms with E-state index in [2.05, 4.69) is 0 Å². The molecule has 0 spiro atoms. The molecule has 1 aromatic carbocycles. The van der Waals surface area contributed by atoms with Crippen LogP contribution in [0.15, 0.2) is 28.0 Å². The molecule has 0 radical (unpaired) electrons. The molecule has 12 heteroatoms. The van der Waals surface area contributed by atoms with Gasteiger partial charge in [0.15, 0.2) is 0 Å². The van der Waals surface area contributed by atoms with Crippen molar-refractivity contribution in [2.45, 2.75) is 9.79 Å². The summed E-state index contributed by atoms with van der Waals surface area (Å²) in [4.78, 5) is 15.5. The van der Waals surface area contributed by atoms with E-state index in [0.717, 1.165) is 0 Å². The first-order chi connectivity index (χ1) is 7.82. The fourth-order valence-electron chi connectivity index (χ4n) is 1.02. The van der Waals surface area contributed by atoms with Gasteiger partial charge in [0.25, 0.3) is 20.2 Å². The van der Waals surface area contributed by atoms with E-state index in [1.54, 1.807) is 0 Å². The summed E-state index contributed by atoms with van der Waals surface area (Å²) >= 11 is 0. The van der Waals surface area contributed by atoms with E-state index in [1.165, 1.54) is 0 Å². The van der Waals surface area contributed by atoms with Gasteiger partial charge >= 0.3 is 7.60 Å². The highest BCUT2D eigenvalue weighted by molar-refractivity contribution is 7.86. The van der Waals surface area contributed by atoms with E-state index in [-0.39, 0.29) is 0 Å². The Morgan fingerprint density at radius 2 is 1.17 bits per heavy atom. The standard InChI is InChI=1S/C6H7O9PS2/c7-16(8,9)4-1-5(17(10,11)12)3-6(2-4)18(13,14)15/h1-3H,(H2,7,8,9)(H,10,11,12)(H,13,14,15). The van der Waals surface area contributed by atoms with E-state index in [1.807, 2.05) is 0 Å². The van der Waals surface area contributed by atoms with Gasteiger partial charge in [-0.1, -0.05) is 0 Å². The molecule has 0 heterocycles. The molecule has 1 rings (SSSR count). The Hall–Kier alpha value is -0.810. The highest BCUT2D eigenvalue weighted by atomic mass is 32.2. The Labute approximate surface area is 102 Å². The molecule has 0 amide bonds. The van der Waals surface area contributed by atoms with Crippen molar-refractivity contribution in [3.05, 3.63) is 18.2 Å². The Balaban J connectivity index is 3.76. The normalized spacial score (nSPS) is 13.6. The molecule has 1 aromatic rings. The van der Waals surface area contributed by atoms with Crippen LogP contribution < -0.4 is 5.30 Å². The molecule has 0 unspecified atom stereocenters. The van der Waals surface area contributed by atoms with Gasteiger partial charge in [0, 0.05) is 0 Å². The van der Waals surface area contributed by atoms with Crippen molar-refractivity contribution < 1.29 is 40.3 Å². The van der Waals surface area contributed by atoms with Gasteiger partial charge in [0.05, 0.1) is 15.1 Å². The lowest BCUT2D eigenvalue weighted by Crippen LogP contribution is -2.12. The van der Waals surface area contributed by atoms with Crippen LogP contribution in [0.5, 0.6) is 0 Å². The molecule has 0 saturated carbocycles. The van der Waals surface area contributed by atoms with E-state index in [9.17, 15) is 21.4 Å². The summed E-state index contributed by atoms with van der Waals surface area (Å²) in [6.45, 7) is 0. The van der Waals surface area contributed by atoms with Gasteiger partial charge in [-0.15, -0.1) is 0 Å². The zero-order valence-corrected chi connectivity index (χ0v) is 10.9. The summed E-state index contributed by atoms with van der Waals surface area (Å²) in [5.41, 5.74) is 0. The van der Waals surface area contributed by atoms with Crippen LogP contribution in [0.2, 0.25) is 0 Å². The second kappa shape index (κ2) is 4.38. The number of hydrogen-bond donors (Lipinski definition) is 4. The van der Waals surface area contributed by atoms with Crippen LogP contribution in [0.25, 0.3) is 0 Å². The second-order valence-electron chi connectivity index (χ2n) is 3.16. The fraction of sp³-hybridized carbons (Fsp3) is 0. The maximum atomic E-state index is 10.9. The van der Waals surface area contributed by atoms with Crippen LogP contribution in [0.4, 0.5) is 0 Å². The lowest BCUT2D eigenvalue weighted by atomic mass is 10.4. The lowest BCUT2D eigenvalue weighted by Gasteiger charge is -2.07. The topological polar surface area (TPSA) is 166 Å². The Kier molecular flexibility index (Phi) is 3.71. The van der Waals surface area contributed by atoms with E-state index < -0.39 is 42.9 Å². The molecule has 0 saturated heterocycles. The van der Waals surface area contributed by atoms with Gasteiger partial charge < -0.3 is 9.79 Å². The minimum atomic E-state index is -4.96. The summed E-state index contributed by atoms with van der Waals surface area (Å²) < 4.78 is 71.6. The van der Waals surface area contributed by atoms with Gasteiger partial charge in [-0.2, -0.15) is 16.8 Å². The van der Waals surface area contributed by atoms with E-state index >= 15 is 0 Å². The monoisotopic (exact) mass is 318 g/mol. The van der Waals surface area contributed by atoms with Crippen molar-refractivity contribution in [2.75, 3.05) is 0 Å². The van der Waals surface area contributed by atoms with Crippen LogP contribution in [-0.2, 0) is 24.8 Å². The Bertz CT molecular complexity index is 676. The van der Waals surface area contributed by atoms with Crippen molar-refractivity contribution in [3.8, 4) is 0 Å². The molecule has 18 heavy (non-hydrogen) atoms. The first-order valence-electron chi connectivity index (χ1n) is 3.98. The highest BCUT2D eigenvalue weighted by Crippen LogP contribution is 2.34. The zero-order valence-electron chi connectivity index (χ0n) is 8.33. The molecular weight excluding hydrogens is 311 g/mol. The average molecular weight is 318 g/mol. The number of rotatable bonds is 3. The van der Waals surface area contributed by atoms with E-state index in [4.69, 9.17) is 18.9 Å². The molecule has 0 aromatic heterocycles. The molecule has 0 aliphatic rings. The summed E-state index contributed by atoms with van der Waals surface area (Å²) in [5.74, 6) is 0. The van der Waals surface area contributed by atoms with Crippen molar-refractivity contribution in [2.24, 2.45) is 0 Å². The highest BCUT2D eigenvalue weighted by Gasteiger charge is 2.25. The number of benzene rings is 1. The summed E-state index contributed by atoms with van der Waals surface area (Å²) in [6.07, 6.45) is 0. The Morgan fingerprint density at radius 3 is 1.39 bits per heavy atom. The second-order valence-corrected chi connectivity index (χ2v) is 7.60. The van der Waals surface area contributed by atoms with Crippen LogP contribution in [0.3, 0.4) is 0 Å². The largest absolute Gasteiger partial charge is 0.356 e. The first kappa shape index (κ1) is 15.2. The maximum absolute atomic E-state index is 10.9. The maximum Gasteiger partial charge on any atom is 0.356 e. The minimum Gasteiger partial charge on any atom is -0.321 e. The smallest absolute Gasteiger partial charge is 0.321 e.